The predicted molar refractivity (Wildman–Crippen MR) is 182 cm³/mol. The first-order valence-electron chi connectivity index (χ1n) is 15.9. The van der Waals surface area contributed by atoms with E-state index in [0.29, 0.717) is 18.7 Å². The van der Waals surface area contributed by atoms with Gasteiger partial charge in [-0.1, -0.05) is 70.7 Å². The molecule has 4 N–H and O–H groups in total. The average molecular weight is 671 g/mol. The standard InChI is InChI=1S/C35H48F2N4O5Si/c1-35(2,3)33(38-20-27(40-31(42)14-15-32(43)44)21-39-34(45)46-16-17-47(4,5)6)30-18-25(28-19-26(36)12-13-29(28)37)23-41(30)22-24-10-8-7-9-11-24/h7-13,18-19,23,27,33,38H,14-17,20-22H2,1-6H3,(H,39,45)(H,40,42)(H,43,44)/t27-,33+/m1/s1. The first-order valence-corrected chi connectivity index (χ1v) is 19.6. The highest BCUT2D eigenvalue weighted by Crippen LogP contribution is 2.37. The number of carboxylic acid groups (broad SMARTS) is 1. The molecule has 12 heteroatoms. The Morgan fingerprint density at radius 2 is 1.68 bits per heavy atom. The third-order valence-electron chi connectivity index (χ3n) is 7.60. The predicted octanol–water partition coefficient (Wildman–Crippen LogP) is 6.57. The number of benzene rings is 2. The number of alkyl carbamates (subject to hydrolysis) is 1. The van der Waals surface area contributed by atoms with Gasteiger partial charge in [0.05, 0.1) is 25.1 Å². The van der Waals surface area contributed by atoms with Crippen molar-refractivity contribution in [2.45, 2.75) is 77.9 Å². The number of carbonyl (C=O) groups is 3. The Labute approximate surface area is 277 Å². The van der Waals surface area contributed by atoms with Gasteiger partial charge in [-0.3, -0.25) is 9.59 Å². The van der Waals surface area contributed by atoms with Crippen molar-refractivity contribution in [3.63, 3.8) is 0 Å². The highest BCUT2D eigenvalue weighted by molar-refractivity contribution is 6.76. The molecule has 0 fully saturated rings. The molecule has 0 bridgehead atoms. The van der Waals surface area contributed by atoms with E-state index in [2.05, 4.69) is 35.6 Å². The molecule has 2 aromatic carbocycles. The van der Waals surface area contributed by atoms with E-state index < -0.39 is 49.1 Å². The molecule has 3 aromatic rings. The molecule has 9 nitrogen and oxygen atoms in total. The highest BCUT2D eigenvalue weighted by Gasteiger charge is 2.31. The number of hydrogen-bond donors (Lipinski definition) is 4. The van der Waals surface area contributed by atoms with Crippen molar-refractivity contribution in [1.82, 2.24) is 20.5 Å². The fourth-order valence-corrected chi connectivity index (χ4v) is 5.79. The number of carboxylic acids is 1. The van der Waals surface area contributed by atoms with Gasteiger partial charge in [-0.05, 0) is 41.3 Å². The van der Waals surface area contributed by atoms with E-state index in [1.54, 1.807) is 0 Å². The summed E-state index contributed by atoms with van der Waals surface area (Å²) in [6.45, 7) is 13.7. The number of nitrogens with zero attached hydrogens (tertiary/aromatic N) is 1. The van der Waals surface area contributed by atoms with E-state index in [9.17, 15) is 23.2 Å². The van der Waals surface area contributed by atoms with Gasteiger partial charge in [-0.2, -0.15) is 0 Å². The zero-order valence-electron chi connectivity index (χ0n) is 28.2. The van der Waals surface area contributed by atoms with Gasteiger partial charge in [0.1, 0.15) is 11.6 Å². The van der Waals surface area contributed by atoms with Crippen LogP contribution in [0.15, 0.2) is 60.8 Å². The van der Waals surface area contributed by atoms with Gasteiger partial charge in [0.2, 0.25) is 5.91 Å². The molecule has 0 unspecified atom stereocenters. The molecule has 1 aromatic heterocycles. The molecule has 256 valence electrons. The van der Waals surface area contributed by atoms with Crippen molar-refractivity contribution >= 4 is 26.0 Å². The minimum absolute atomic E-state index is 0.0409. The molecule has 47 heavy (non-hydrogen) atoms. The number of nitrogens with one attached hydrogen (secondary N) is 3. The second-order valence-electron chi connectivity index (χ2n) is 14.1. The van der Waals surface area contributed by atoms with Gasteiger partial charge in [-0.25, -0.2) is 13.6 Å². The Bertz CT molecular complexity index is 1500. The van der Waals surface area contributed by atoms with Gasteiger partial charge in [0.25, 0.3) is 0 Å². The normalized spacial score (nSPS) is 13.1. The lowest BCUT2D eigenvalue weighted by Crippen LogP contribution is -2.50. The summed E-state index contributed by atoms with van der Waals surface area (Å²) >= 11 is 0. The first kappa shape index (κ1) is 37.4. The third kappa shape index (κ3) is 12.6. The quantitative estimate of drug-likeness (QED) is 0.128. The van der Waals surface area contributed by atoms with Crippen LogP contribution in [0.2, 0.25) is 25.7 Å². The third-order valence-corrected chi connectivity index (χ3v) is 9.31. The summed E-state index contributed by atoms with van der Waals surface area (Å²) in [4.78, 5) is 36.2. The van der Waals surface area contributed by atoms with Crippen LogP contribution in [-0.2, 0) is 20.9 Å². The van der Waals surface area contributed by atoms with Crippen LogP contribution in [0.1, 0.15) is 50.9 Å². The number of halogens is 2. The van der Waals surface area contributed by atoms with Crippen molar-refractivity contribution in [3.05, 3.63) is 83.7 Å². The fourth-order valence-electron chi connectivity index (χ4n) is 5.07. The summed E-state index contributed by atoms with van der Waals surface area (Å²) < 4.78 is 36.5. The fraction of sp³-hybridized carbons (Fsp3) is 0.457. The number of carbonyl (C=O) groups excluding carboxylic acids is 2. The second-order valence-corrected chi connectivity index (χ2v) is 19.7. The molecule has 0 radical (unpaired) electrons. The number of aliphatic carboxylic acids is 1. The molecule has 0 aliphatic rings. The van der Waals surface area contributed by atoms with E-state index in [1.165, 1.54) is 6.07 Å². The zero-order chi connectivity index (χ0) is 34.8. The Balaban J connectivity index is 1.89. The number of ether oxygens (including phenoxy) is 1. The van der Waals surface area contributed by atoms with Gasteiger partial charge in [0.15, 0.2) is 0 Å². The lowest BCUT2D eigenvalue weighted by atomic mass is 9.84. The van der Waals surface area contributed by atoms with Crippen LogP contribution in [0.4, 0.5) is 13.6 Å². The summed E-state index contributed by atoms with van der Waals surface area (Å²) in [5, 5.41) is 18.1. The molecule has 0 aliphatic heterocycles. The van der Waals surface area contributed by atoms with Crippen LogP contribution in [0.5, 0.6) is 0 Å². The van der Waals surface area contributed by atoms with Crippen molar-refractivity contribution in [2.24, 2.45) is 5.41 Å². The molecule has 0 spiro atoms. The molecule has 0 saturated heterocycles. The summed E-state index contributed by atoms with van der Waals surface area (Å²) in [7, 11) is -1.40. The number of rotatable bonds is 16. The SMILES string of the molecule is CC(C)(C)[C@@H](NC[C@H](CNC(=O)OCC[Si](C)(C)C)NC(=O)CCC(=O)O)c1cc(-c2cc(F)ccc2F)cn1Cc1ccccc1. The van der Waals surface area contributed by atoms with Crippen LogP contribution in [0.3, 0.4) is 0 Å². The minimum atomic E-state index is -1.40. The van der Waals surface area contributed by atoms with Crippen LogP contribution >= 0.6 is 0 Å². The molecule has 2 amide bonds. The Hall–Kier alpha value is -4.03. The van der Waals surface area contributed by atoms with Crippen molar-refractivity contribution in [2.75, 3.05) is 19.7 Å². The van der Waals surface area contributed by atoms with Gasteiger partial charge < -0.3 is 30.4 Å². The van der Waals surface area contributed by atoms with E-state index in [0.717, 1.165) is 29.4 Å². The Morgan fingerprint density at radius 3 is 2.32 bits per heavy atom. The van der Waals surface area contributed by atoms with Crippen LogP contribution in [0, 0.1) is 17.0 Å². The largest absolute Gasteiger partial charge is 0.481 e. The molecular weight excluding hydrogens is 622 g/mol. The van der Waals surface area contributed by atoms with Gasteiger partial charge in [-0.15, -0.1) is 0 Å². The number of aromatic nitrogens is 1. The lowest BCUT2D eigenvalue weighted by Gasteiger charge is -2.34. The molecule has 0 aliphatic carbocycles. The van der Waals surface area contributed by atoms with Crippen molar-refractivity contribution in [3.8, 4) is 11.1 Å². The molecule has 1 heterocycles. The maximum atomic E-state index is 14.9. The summed E-state index contributed by atoms with van der Waals surface area (Å²) in [6.07, 6.45) is 0.676. The van der Waals surface area contributed by atoms with E-state index in [-0.39, 0.29) is 37.5 Å². The van der Waals surface area contributed by atoms with Crippen molar-refractivity contribution < 1.29 is 33.0 Å². The van der Waals surface area contributed by atoms with Gasteiger partial charge >= 0.3 is 12.1 Å². The second kappa shape index (κ2) is 16.7. The monoisotopic (exact) mass is 670 g/mol. The Kier molecular flexibility index (Phi) is 13.3. The van der Waals surface area contributed by atoms with Gasteiger partial charge in [0, 0.05) is 57.1 Å². The summed E-state index contributed by atoms with van der Waals surface area (Å²) in [5.74, 6) is -2.63. The minimum Gasteiger partial charge on any atom is -0.481 e. The number of hydrogen-bond acceptors (Lipinski definition) is 5. The molecular formula is C35H48F2N4O5Si. The first-order chi connectivity index (χ1) is 22.0. The summed E-state index contributed by atoms with van der Waals surface area (Å²) in [6, 6.07) is 14.9. The van der Waals surface area contributed by atoms with Crippen LogP contribution in [-0.4, -0.2) is 61.5 Å². The summed E-state index contributed by atoms with van der Waals surface area (Å²) in [5.41, 5.74) is 2.10. The molecule has 0 saturated carbocycles. The highest BCUT2D eigenvalue weighted by atomic mass is 28.3. The average Bonchev–Trinajstić information content (AvgIpc) is 3.37. The maximum Gasteiger partial charge on any atom is 0.407 e. The molecule has 2 atom stereocenters. The van der Waals surface area contributed by atoms with E-state index in [1.807, 2.05) is 67.9 Å². The lowest BCUT2D eigenvalue weighted by molar-refractivity contribution is -0.138. The number of amides is 2. The van der Waals surface area contributed by atoms with Crippen LogP contribution in [0.25, 0.3) is 11.1 Å². The van der Waals surface area contributed by atoms with Crippen molar-refractivity contribution in [1.29, 1.82) is 0 Å². The molecule has 3 rings (SSSR count). The van der Waals surface area contributed by atoms with E-state index >= 15 is 0 Å². The smallest absolute Gasteiger partial charge is 0.407 e. The Morgan fingerprint density at radius 1 is 0.979 bits per heavy atom. The van der Waals surface area contributed by atoms with Crippen LogP contribution < -0.4 is 16.0 Å². The van der Waals surface area contributed by atoms with E-state index in [4.69, 9.17) is 9.84 Å². The maximum absolute atomic E-state index is 14.9. The topological polar surface area (TPSA) is 122 Å². The zero-order valence-corrected chi connectivity index (χ0v) is 29.2.